The smallest absolute Gasteiger partial charge is 0.408 e. The second kappa shape index (κ2) is 11.3. The molecule has 1 fully saturated rings. The van der Waals surface area contributed by atoms with Crippen molar-refractivity contribution in [2.45, 2.75) is 58.7 Å². The number of aryl methyl sites for hydroxylation is 1. The summed E-state index contributed by atoms with van der Waals surface area (Å²) in [4.78, 5) is 38.9. The molecule has 0 spiro atoms. The molecule has 0 radical (unpaired) electrons. The Hall–Kier alpha value is -3.31. The van der Waals surface area contributed by atoms with Crippen LogP contribution >= 0.6 is 23.2 Å². The summed E-state index contributed by atoms with van der Waals surface area (Å²) in [5, 5.41) is 11.8. The van der Waals surface area contributed by atoms with Crippen molar-refractivity contribution in [2.75, 3.05) is 36.4 Å². The van der Waals surface area contributed by atoms with Gasteiger partial charge in [-0.1, -0.05) is 29.3 Å². The number of hydrogen-bond donors (Lipinski definition) is 2. The van der Waals surface area contributed by atoms with Crippen molar-refractivity contribution in [1.82, 2.24) is 30.0 Å². The monoisotopic (exact) mass is 590 g/mol. The van der Waals surface area contributed by atoms with Gasteiger partial charge in [-0.2, -0.15) is 10.1 Å². The summed E-state index contributed by atoms with van der Waals surface area (Å²) in [5.41, 5.74) is 0.449. The normalized spacial score (nSPS) is 15.2. The molecule has 0 unspecified atom stereocenters. The third-order valence-corrected chi connectivity index (χ3v) is 7.01. The largest absolute Gasteiger partial charge is 0.444 e. The number of aromatic nitrogens is 4. The van der Waals surface area contributed by atoms with E-state index in [4.69, 9.17) is 37.9 Å². The van der Waals surface area contributed by atoms with Crippen LogP contribution in [0, 0.1) is 0 Å². The van der Waals surface area contributed by atoms with Crippen molar-refractivity contribution in [1.29, 1.82) is 0 Å². The summed E-state index contributed by atoms with van der Waals surface area (Å²) in [6.07, 6.45) is 1.22. The highest BCUT2D eigenvalue weighted by atomic mass is 35.5. The molecule has 1 aliphatic rings. The number of hydrogen-bond acceptors (Lipinski definition) is 8. The first-order chi connectivity index (χ1) is 18.6. The van der Waals surface area contributed by atoms with Gasteiger partial charge < -0.3 is 25.2 Å². The fourth-order valence-electron chi connectivity index (χ4n) is 4.51. The first kappa shape index (κ1) is 29.7. The van der Waals surface area contributed by atoms with Crippen LogP contribution in [0.3, 0.4) is 0 Å². The summed E-state index contributed by atoms with van der Waals surface area (Å²) < 4.78 is 7.03. The first-order valence-electron chi connectivity index (χ1n) is 13.1. The molecule has 11 nitrogen and oxygen atoms in total. The van der Waals surface area contributed by atoms with Crippen LogP contribution in [-0.2, 0) is 16.6 Å². The van der Waals surface area contributed by atoms with Crippen LogP contribution in [0.25, 0.3) is 11.0 Å². The molecule has 1 atom stereocenters. The first-order valence-corrected chi connectivity index (χ1v) is 13.9. The van der Waals surface area contributed by atoms with Crippen LogP contribution in [0.1, 0.15) is 53.1 Å². The second-order valence-corrected chi connectivity index (χ2v) is 12.3. The van der Waals surface area contributed by atoms with E-state index in [0.29, 0.717) is 59.0 Å². The van der Waals surface area contributed by atoms with Crippen molar-refractivity contribution < 1.29 is 14.3 Å². The lowest BCUT2D eigenvalue weighted by Crippen LogP contribution is -2.60. The van der Waals surface area contributed by atoms with Crippen molar-refractivity contribution >= 4 is 58.0 Å². The molecular formula is C27H36Cl2N8O3. The van der Waals surface area contributed by atoms with Crippen molar-refractivity contribution in [3.05, 3.63) is 40.0 Å². The Kier molecular flexibility index (Phi) is 8.37. The van der Waals surface area contributed by atoms with Crippen LogP contribution in [0.15, 0.2) is 24.4 Å². The van der Waals surface area contributed by atoms with Gasteiger partial charge in [0.1, 0.15) is 16.7 Å². The van der Waals surface area contributed by atoms with Gasteiger partial charge in [-0.05, 0) is 59.2 Å². The number of alkyl carbamates (subject to hydrolysis) is 1. The fourth-order valence-corrected chi connectivity index (χ4v) is 5.08. The molecule has 2 aromatic heterocycles. The minimum Gasteiger partial charge on any atom is -0.444 e. The highest BCUT2D eigenvalue weighted by Crippen LogP contribution is 2.31. The van der Waals surface area contributed by atoms with Crippen molar-refractivity contribution in [3.8, 4) is 0 Å². The van der Waals surface area contributed by atoms with Gasteiger partial charge in [0.05, 0.1) is 12.2 Å². The number of carbonyl (C=O) groups is 2. The molecule has 3 heterocycles. The van der Waals surface area contributed by atoms with Gasteiger partial charge in [0.15, 0.2) is 11.3 Å². The Morgan fingerprint density at radius 2 is 1.73 bits per heavy atom. The number of halogens is 2. The van der Waals surface area contributed by atoms with Gasteiger partial charge in [-0.15, -0.1) is 0 Å². The number of rotatable bonds is 6. The SMILES string of the molecule is C[C@@H](Nc1nc(N2CCN(C(=O)C(C)(C)NC(=O)OC(C)(C)C)CC2)nc2cn(C)nc12)c1ccc(Cl)cc1Cl. The van der Waals surface area contributed by atoms with Crippen LogP contribution in [-0.4, -0.2) is 74.0 Å². The highest BCUT2D eigenvalue weighted by Gasteiger charge is 2.36. The topological polar surface area (TPSA) is 118 Å². The molecule has 4 rings (SSSR count). The molecule has 1 aromatic carbocycles. The number of carbonyl (C=O) groups excluding carboxylic acids is 2. The predicted octanol–water partition coefficient (Wildman–Crippen LogP) is 4.80. The molecule has 0 bridgehead atoms. The van der Waals surface area contributed by atoms with Crippen LogP contribution in [0.5, 0.6) is 0 Å². The molecular weight excluding hydrogens is 555 g/mol. The summed E-state index contributed by atoms with van der Waals surface area (Å²) in [7, 11) is 1.84. The maximum Gasteiger partial charge on any atom is 0.408 e. The molecule has 40 heavy (non-hydrogen) atoms. The molecule has 2 amide bonds. The molecule has 0 saturated carbocycles. The lowest BCUT2D eigenvalue weighted by atomic mass is 10.0. The number of ether oxygens (including phenoxy) is 1. The number of anilines is 2. The van der Waals surface area contributed by atoms with Crippen LogP contribution in [0.4, 0.5) is 16.6 Å². The van der Waals surface area contributed by atoms with Gasteiger partial charge >= 0.3 is 6.09 Å². The molecule has 2 N–H and O–H groups in total. The number of piperazine rings is 1. The van der Waals surface area contributed by atoms with E-state index in [2.05, 4.69) is 15.7 Å². The predicted molar refractivity (Wildman–Crippen MR) is 157 cm³/mol. The molecule has 1 aliphatic heterocycles. The summed E-state index contributed by atoms with van der Waals surface area (Å²) in [6, 6.07) is 5.22. The lowest BCUT2D eigenvalue weighted by molar-refractivity contribution is -0.137. The number of nitrogens with one attached hydrogen (secondary N) is 2. The average Bonchev–Trinajstić information content (AvgIpc) is 3.22. The van der Waals surface area contributed by atoms with Crippen molar-refractivity contribution in [2.24, 2.45) is 7.05 Å². The van der Waals surface area contributed by atoms with E-state index in [-0.39, 0.29) is 11.9 Å². The van der Waals surface area contributed by atoms with E-state index in [1.54, 1.807) is 56.3 Å². The van der Waals surface area contributed by atoms with Crippen LogP contribution in [0.2, 0.25) is 10.0 Å². The number of nitrogens with zero attached hydrogens (tertiary/aromatic N) is 6. The van der Waals surface area contributed by atoms with E-state index in [1.807, 2.05) is 31.1 Å². The second-order valence-electron chi connectivity index (χ2n) is 11.5. The molecule has 3 aromatic rings. The minimum atomic E-state index is -1.12. The summed E-state index contributed by atoms with van der Waals surface area (Å²) >= 11 is 12.5. The van der Waals surface area contributed by atoms with Gasteiger partial charge in [0.25, 0.3) is 0 Å². The zero-order valence-electron chi connectivity index (χ0n) is 23.9. The van der Waals surface area contributed by atoms with E-state index >= 15 is 0 Å². The van der Waals surface area contributed by atoms with E-state index in [9.17, 15) is 9.59 Å². The van der Waals surface area contributed by atoms with Gasteiger partial charge in [0, 0.05) is 43.3 Å². The molecule has 1 saturated heterocycles. The maximum absolute atomic E-state index is 13.3. The van der Waals surface area contributed by atoms with Gasteiger partial charge in [0.2, 0.25) is 11.9 Å². The van der Waals surface area contributed by atoms with E-state index < -0.39 is 17.2 Å². The maximum atomic E-state index is 13.3. The minimum absolute atomic E-state index is 0.174. The van der Waals surface area contributed by atoms with E-state index in [1.165, 1.54) is 0 Å². The van der Waals surface area contributed by atoms with E-state index in [0.717, 1.165) is 5.56 Å². The molecule has 216 valence electrons. The Bertz CT molecular complexity index is 1410. The molecule has 0 aliphatic carbocycles. The fraction of sp³-hybridized carbons (Fsp3) is 0.519. The summed E-state index contributed by atoms with van der Waals surface area (Å²) in [5.74, 6) is 0.939. The van der Waals surface area contributed by atoms with Gasteiger partial charge in [-0.25, -0.2) is 9.78 Å². The Morgan fingerprint density at radius 3 is 2.35 bits per heavy atom. The Balaban J connectivity index is 1.48. The zero-order valence-corrected chi connectivity index (χ0v) is 25.4. The standard InChI is InChI=1S/C27H36Cl2N8O3/c1-16(18-9-8-17(28)14-19(18)29)30-22-21-20(15-35(7)34-21)31-24(32-22)37-12-10-36(11-13-37)23(38)27(5,6)33-25(39)40-26(2,3)4/h8-9,14-16H,10-13H2,1-7H3,(H,33,39)(H,30,31,32)/t16-/m1/s1. The molecule has 13 heteroatoms. The Morgan fingerprint density at radius 1 is 1.05 bits per heavy atom. The highest BCUT2D eigenvalue weighted by molar-refractivity contribution is 6.35. The summed E-state index contributed by atoms with van der Waals surface area (Å²) in [6.45, 7) is 12.6. The van der Waals surface area contributed by atoms with Crippen molar-refractivity contribution in [3.63, 3.8) is 0 Å². The number of fused-ring (bicyclic) bond motifs is 1. The average molecular weight is 592 g/mol. The number of benzene rings is 1. The Labute approximate surface area is 244 Å². The zero-order chi connectivity index (χ0) is 29.4. The lowest BCUT2D eigenvalue weighted by Gasteiger charge is -2.39. The third kappa shape index (κ3) is 6.87. The van der Waals surface area contributed by atoms with Gasteiger partial charge in [-0.3, -0.25) is 9.48 Å². The number of amides is 2. The third-order valence-electron chi connectivity index (χ3n) is 6.45. The quantitative estimate of drug-likeness (QED) is 0.420. The van der Waals surface area contributed by atoms with Crippen LogP contribution < -0.4 is 15.5 Å².